The minimum Gasteiger partial charge on any atom is -0.489 e. The van der Waals surface area contributed by atoms with Crippen LogP contribution in [0, 0.1) is 17.8 Å². The highest BCUT2D eigenvalue weighted by atomic mass is 16.5. The molecule has 1 aromatic carbocycles. The molecule has 5 rings (SSSR count). The van der Waals surface area contributed by atoms with Gasteiger partial charge >= 0.3 is 0 Å². The molecule has 2 fully saturated rings. The normalized spacial score (nSPS) is 25.6. The third-order valence-corrected chi connectivity index (χ3v) is 7.87. The number of hydrogen-bond donors (Lipinski definition) is 1. The molecule has 7 nitrogen and oxygen atoms in total. The summed E-state index contributed by atoms with van der Waals surface area (Å²) in [6.07, 6.45) is 6.06. The fourth-order valence-electron chi connectivity index (χ4n) is 6.12. The van der Waals surface area contributed by atoms with E-state index in [4.69, 9.17) is 13.9 Å². The molecule has 0 saturated carbocycles. The number of benzene rings is 1. The summed E-state index contributed by atoms with van der Waals surface area (Å²) in [6.45, 7) is 2.87. The number of para-hydroxylation sites is 1. The van der Waals surface area contributed by atoms with Crippen LogP contribution in [0.15, 0.2) is 63.6 Å². The van der Waals surface area contributed by atoms with Crippen LogP contribution in [0.2, 0.25) is 0 Å². The Morgan fingerprint density at radius 1 is 1.11 bits per heavy atom. The first-order chi connectivity index (χ1) is 18.0. The van der Waals surface area contributed by atoms with E-state index in [1.54, 1.807) is 13.1 Å². The number of allylic oxidation sites excluding steroid dienone is 1. The molecule has 2 aromatic rings. The summed E-state index contributed by atoms with van der Waals surface area (Å²) < 4.78 is 18.1. The van der Waals surface area contributed by atoms with E-state index in [9.17, 15) is 14.7 Å². The maximum atomic E-state index is 13.0. The lowest BCUT2D eigenvalue weighted by atomic mass is 9.69. The second-order valence-electron chi connectivity index (χ2n) is 10.2. The number of imide groups is 1. The number of ether oxygens (including phenoxy) is 2. The van der Waals surface area contributed by atoms with Crippen molar-refractivity contribution in [2.24, 2.45) is 17.8 Å². The fraction of sp³-hybridized carbons (Fsp3) is 0.467. The molecule has 1 aromatic heterocycles. The van der Waals surface area contributed by atoms with Crippen molar-refractivity contribution in [1.29, 1.82) is 0 Å². The molecule has 2 aliphatic heterocycles. The average molecular weight is 506 g/mol. The van der Waals surface area contributed by atoms with Crippen molar-refractivity contribution in [3.8, 4) is 5.75 Å². The van der Waals surface area contributed by atoms with Gasteiger partial charge in [0.05, 0.1) is 24.5 Å². The third-order valence-electron chi connectivity index (χ3n) is 7.87. The first-order valence-corrected chi connectivity index (χ1v) is 13.2. The van der Waals surface area contributed by atoms with Crippen LogP contribution in [0.1, 0.15) is 50.5 Å². The molecular weight excluding hydrogens is 470 g/mol. The average Bonchev–Trinajstić information content (AvgIpc) is 3.61. The molecule has 2 saturated heterocycles. The smallest absolute Gasteiger partial charge is 0.233 e. The molecule has 1 N–H and O–H groups in total. The Kier molecular flexibility index (Phi) is 7.63. The van der Waals surface area contributed by atoms with Crippen molar-refractivity contribution in [2.45, 2.75) is 51.7 Å². The Morgan fingerprint density at radius 3 is 2.65 bits per heavy atom. The molecule has 196 valence electrons. The quantitative estimate of drug-likeness (QED) is 0.370. The minimum atomic E-state index is -0.344. The minimum absolute atomic E-state index is 0.0877. The van der Waals surface area contributed by atoms with E-state index in [0.717, 1.165) is 48.3 Å². The monoisotopic (exact) mass is 505 g/mol. The van der Waals surface area contributed by atoms with Gasteiger partial charge in [-0.3, -0.25) is 14.5 Å². The van der Waals surface area contributed by atoms with Crippen molar-refractivity contribution < 1.29 is 28.6 Å². The Labute approximate surface area is 217 Å². The number of nitrogens with zero attached hydrogens (tertiary/aromatic N) is 1. The summed E-state index contributed by atoms with van der Waals surface area (Å²) in [6, 6.07) is 13.3. The van der Waals surface area contributed by atoms with Crippen molar-refractivity contribution in [2.75, 3.05) is 20.3 Å². The molecule has 4 atom stereocenters. The van der Waals surface area contributed by atoms with Gasteiger partial charge in [-0.2, -0.15) is 0 Å². The number of rotatable bonds is 10. The summed E-state index contributed by atoms with van der Waals surface area (Å²) in [4.78, 5) is 27.2. The van der Waals surface area contributed by atoms with E-state index in [0.29, 0.717) is 25.4 Å². The van der Waals surface area contributed by atoms with E-state index in [-0.39, 0.29) is 42.3 Å². The predicted octanol–water partition coefficient (Wildman–Crippen LogP) is 4.76. The maximum absolute atomic E-state index is 13.0. The standard InChI is InChI=1S/C30H35NO6/c1-3-7-19(14-22-11-12-23(16-32)37-22)10-13-26-27-20(17-35-21-8-5-4-6-9-21)15-24-28(25(27)18-36-26)30(34)31(2)29(24)33/h4-6,8-9,11-12,14,24-26,28,32H,3,7,10,13,15-18H2,1-2H3/b19-14+/t24-,25+,26-,28-/m1/s1. The van der Waals surface area contributed by atoms with Crippen molar-refractivity contribution >= 4 is 17.9 Å². The Bertz CT molecular complexity index is 1200. The zero-order valence-electron chi connectivity index (χ0n) is 21.5. The summed E-state index contributed by atoms with van der Waals surface area (Å²) in [5.74, 6) is 1.13. The topological polar surface area (TPSA) is 89.2 Å². The lowest BCUT2D eigenvalue weighted by Crippen LogP contribution is -2.35. The zero-order valence-corrected chi connectivity index (χ0v) is 21.5. The van der Waals surface area contributed by atoms with Crippen LogP contribution >= 0.6 is 0 Å². The first-order valence-electron chi connectivity index (χ1n) is 13.2. The number of fused-ring (bicyclic) bond motifs is 3. The summed E-state index contributed by atoms with van der Waals surface area (Å²) in [5.41, 5.74) is 3.51. The summed E-state index contributed by atoms with van der Waals surface area (Å²) >= 11 is 0. The number of furan rings is 1. The number of aliphatic hydroxyl groups excluding tert-OH is 1. The van der Waals surface area contributed by atoms with Crippen molar-refractivity contribution in [3.05, 3.63) is 70.7 Å². The molecule has 0 radical (unpaired) electrons. The van der Waals surface area contributed by atoms with Gasteiger partial charge in [0, 0.05) is 13.0 Å². The fourth-order valence-corrected chi connectivity index (χ4v) is 6.12. The highest BCUT2D eigenvalue weighted by molar-refractivity contribution is 6.05. The summed E-state index contributed by atoms with van der Waals surface area (Å²) in [7, 11) is 1.59. The molecular formula is C30H35NO6. The van der Waals surface area contributed by atoms with Gasteiger partial charge < -0.3 is 19.0 Å². The molecule has 3 heterocycles. The van der Waals surface area contributed by atoms with Crippen LogP contribution in [-0.4, -0.2) is 48.2 Å². The van der Waals surface area contributed by atoms with E-state index >= 15 is 0 Å². The molecule has 0 spiro atoms. The van der Waals surface area contributed by atoms with E-state index < -0.39 is 0 Å². The lowest BCUT2D eigenvalue weighted by Gasteiger charge is -2.31. The van der Waals surface area contributed by atoms with Crippen molar-refractivity contribution in [1.82, 2.24) is 4.90 Å². The van der Waals surface area contributed by atoms with Crippen LogP contribution in [0.4, 0.5) is 0 Å². The number of amides is 2. The van der Waals surface area contributed by atoms with E-state index in [1.807, 2.05) is 36.4 Å². The van der Waals surface area contributed by atoms with Gasteiger partial charge in [0.2, 0.25) is 11.8 Å². The van der Waals surface area contributed by atoms with Crippen LogP contribution in [-0.2, 0) is 20.9 Å². The molecule has 0 unspecified atom stereocenters. The number of likely N-dealkylation sites (tertiary alicyclic amines) is 1. The van der Waals surface area contributed by atoms with Gasteiger partial charge in [-0.1, -0.05) is 37.1 Å². The van der Waals surface area contributed by atoms with Gasteiger partial charge in [-0.15, -0.1) is 0 Å². The maximum Gasteiger partial charge on any atom is 0.233 e. The molecule has 7 heteroatoms. The molecule has 37 heavy (non-hydrogen) atoms. The molecule has 2 amide bonds. The number of aliphatic hydroxyl groups is 1. The Morgan fingerprint density at radius 2 is 1.92 bits per heavy atom. The SMILES string of the molecule is CCC/C(=C\c1ccc(CO)o1)CC[C@H]1OC[C@H]2C1=C(COc1ccccc1)C[C@H]1C(=O)N(C)C(=O)[C@H]12. The summed E-state index contributed by atoms with van der Waals surface area (Å²) in [5, 5.41) is 9.31. The number of carbonyl (C=O) groups is 2. The van der Waals surface area contributed by atoms with Crippen LogP contribution < -0.4 is 4.74 Å². The largest absolute Gasteiger partial charge is 0.489 e. The first kappa shape index (κ1) is 25.5. The van der Waals surface area contributed by atoms with Crippen LogP contribution in [0.25, 0.3) is 6.08 Å². The Balaban J connectivity index is 1.38. The molecule has 1 aliphatic carbocycles. The highest BCUT2D eigenvalue weighted by Crippen LogP contribution is 2.49. The lowest BCUT2D eigenvalue weighted by molar-refractivity contribution is -0.138. The molecule has 0 bridgehead atoms. The van der Waals surface area contributed by atoms with E-state index in [1.165, 1.54) is 10.5 Å². The van der Waals surface area contributed by atoms with Gasteiger partial charge in [-0.25, -0.2) is 0 Å². The molecule has 3 aliphatic rings. The van der Waals surface area contributed by atoms with Gasteiger partial charge in [-0.05, 0) is 67.2 Å². The van der Waals surface area contributed by atoms with Gasteiger partial charge in [0.25, 0.3) is 0 Å². The van der Waals surface area contributed by atoms with Crippen molar-refractivity contribution in [3.63, 3.8) is 0 Å². The van der Waals surface area contributed by atoms with Crippen LogP contribution in [0.3, 0.4) is 0 Å². The second kappa shape index (κ2) is 11.1. The van der Waals surface area contributed by atoms with Gasteiger partial charge in [0.1, 0.15) is 30.5 Å². The zero-order chi connectivity index (χ0) is 25.9. The Hall–Kier alpha value is -3.16. The van der Waals surface area contributed by atoms with Gasteiger partial charge in [0.15, 0.2) is 0 Å². The highest BCUT2D eigenvalue weighted by Gasteiger charge is 2.56. The van der Waals surface area contributed by atoms with Crippen LogP contribution in [0.5, 0.6) is 5.75 Å². The van der Waals surface area contributed by atoms with E-state index in [2.05, 4.69) is 13.0 Å². The third kappa shape index (κ3) is 5.15. The number of hydrogen-bond acceptors (Lipinski definition) is 6. The second-order valence-corrected chi connectivity index (χ2v) is 10.2. The predicted molar refractivity (Wildman–Crippen MR) is 138 cm³/mol. The number of carbonyl (C=O) groups excluding carboxylic acids is 2.